The van der Waals surface area contributed by atoms with Crippen molar-refractivity contribution in [3.05, 3.63) is 64.2 Å². The Kier molecular flexibility index (Phi) is 6.64. The van der Waals surface area contributed by atoms with Gasteiger partial charge in [-0.3, -0.25) is 9.69 Å². The van der Waals surface area contributed by atoms with E-state index in [1.807, 2.05) is 37.3 Å². The Balaban J connectivity index is 1.20. The molecule has 3 amide bonds. The van der Waals surface area contributed by atoms with E-state index in [2.05, 4.69) is 26.6 Å². The van der Waals surface area contributed by atoms with Crippen molar-refractivity contribution in [3.8, 4) is 17.6 Å². The van der Waals surface area contributed by atoms with Gasteiger partial charge in [-0.1, -0.05) is 24.6 Å². The summed E-state index contributed by atoms with van der Waals surface area (Å²) in [7, 11) is 0. The van der Waals surface area contributed by atoms with E-state index in [9.17, 15) is 14.9 Å². The molecule has 0 saturated carbocycles. The van der Waals surface area contributed by atoms with Gasteiger partial charge in [-0.15, -0.1) is 11.3 Å². The minimum atomic E-state index is -0.510. The van der Waals surface area contributed by atoms with Gasteiger partial charge in [-0.2, -0.15) is 5.26 Å². The number of benzene rings is 2. The first-order chi connectivity index (χ1) is 20.5. The zero-order valence-corrected chi connectivity index (χ0v) is 23.8. The highest BCUT2D eigenvalue weighted by Crippen LogP contribution is 2.52. The van der Waals surface area contributed by atoms with Crippen LogP contribution in [0.3, 0.4) is 0 Å². The van der Waals surface area contributed by atoms with Crippen molar-refractivity contribution in [2.24, 2.45) is 0 Å². The number of pyridine rings is 1. The summed E-state index contributed by atoms with van der Waals surface area (Å²) < 4.78 is 11.3. The van der Waals surface area contributed by atoms with Crippen LogP contribution < -0.4 is 25.0 Å². The number of amides is 3. The average Bonchev–Trinajstić information content (AvgIpc) is 3.64. The van der Waals surface area contributed by atoms with Gasteiger partial charge in [-0.05, 0) is 68.6 Å². The van der Waals surface area contributed by atoms with Gasteiger partial charge in [0.05, 0.1) is 28.0 Å². The summed E-state index contributed by atoms with van der Waals surface area (Å²) in [5.74, 6) is 0.580. The second-order valence-corrected chi connectivity index (χ2v) is 11.7. The molecule has 3 aliphatic rings. The predicted molar refractivity (Wildman–Crippen MR) is 161 cm³/mol. The molecular formula is C31H28N6O4S. The molecule has 0 spiro atoms. The molecule has 0 bridgehead atoms. The molecule has 5 heterocycles. The van der Waals surface area contributed by atoms with Crippen LogP contribution in [0.4, 0.5) is 27.5 Å². The molecular weight excluding hydrogens is 552 g/mol. The molecule has 0 unspecified atom stereocenters. The summed E-state index contributed by atoms with van der Waals surface area (Å²) in [6.07, 6.45) is 6.27. The van der Waals surface area contributed by atoms with Crippen LogP contribution in [0.25, 0.3) is 10.2 Å². The van der Waals surface area contributed by atoms with Gasteiger partial charge in [0.25, 0.3) is 5.91 Å². The van der Waals surface area contributed by atoms with Crippen LogP contribution in [-0.2, 0) is 6.42 Å². The van der Waals surface area contributed by atoms with E-state index in [0.29, 0.717) is 49.3 Å². The number of piperidine rings is 1. The third kappa shape index (κ3) is 4.49. The SMILES string of the molecule is Cc1ccc2c(c1N1C(=O)Nc3c(C(=O)Nc4ccc(CCN5CCCCC5)cc4)sc4ncc(C#N)c1c34)OCO2. The fraction of sp³-hybridized carbons (Fsp3) is 0.290. The highest BCUT2D eigenvalue weighted by molar-refractivity contribution is 7.21. The summed E-state index contributed by atoms with van der Waals surface area (Å²) >= 11 is 1.17. The highest BCUT2D eigenvalue weighted by atomic mass is 32.1. The van der Waals surface area contributed by atoms with Crippen molar-refractivity contribution in [2.75, 3.05) is 42.0 Å². The lowest BCUT2D eigenvalue weighted by Gasteiger charge is -2.30. The van der Waals surface area contributed by atoms with E-state index in [1.54, 1.807) is 6.07 Å². The molecule has 4 aromatic rings. The largest absolute Gasteiger partial charge is 0.454 e. The maximum Gasteiger partial charge on any atom is 0.331 e. The van der Waals surface area contributed by atoms with Crippen molar-refractivity contribution in [2.45, 2.75) is 32.6 Å². The van der Waals surface area contributed by atoms with Gasteiger partial charge in [0.15, 0.2) is 11.5 Å². The number of likely N-dealkylation sites (tertiary alicyclic amines) is 1. The molecule has 2 N–H and O–H groups in total. The van der Waals surface area contributed by atoms with Crippen LogP contribution in [0.5, 0.6) is 11.5 Å². The maximum absolute atomic E-state index is 13.7. The normalized spacial score (nSPS) is 15.9. The number of aromatic nitrogens is 1. The summed E-state index contributed by atoms with van der Waals surface area (Å²) in [5.41, 5.74) is 4.04. The summed E-state index contributed by atoms with van der Waals surface area (Å²) in [6, 6.07) is 13.2. The van der Waals surface area contributed by atoms with Crippen LogP contribution in [-0.4, -0.2) is 48.2 Å². The quantitative estimate of drug-likeness (QED) is 0.280. The number of nitrogens with one attached hydrogen (secondary N) is 2. The van der Waals surface area contributed by atoms with Crippen LogP contribution in [0.15, 0.2) is 42.6 Å². The molecule has 0 aliphatic carbocycles. The summed E-state index contributed by atoms with van der Waals surface area (Å²) in [4.78, 5) is 36.5. The van der Waals surface area contributed by atoms with Crippen molar-refractivity contribution in [1.82, 2.24) is 9.88 Å². The third-order valence-corrected chi connectivity index (χ3v) is 9.09. The van der Waals surface area contributed by atoms with E-state index in [-0.39, 0.29) is 18.3 Å². The van der Waals surface area contributed by atoms with Gasteiger partial charge < -0.3 is 25.0 Å². The van der Waals surface area contributed by atoms with Crippen molar-refractivity contribution in [3.63, 3.8) is 0 Å². The monoisotopic (exact) mass is 580 g/mol. The summed E-state index contributed by atoms with van der Waals surface area (Å²) in [6.45, 7) is 5.27. The van der Waals surface area contributed by atoms with Gasteiger partial charge in [0.1, 0.15) is 15.8 Å². The average molecular weight is 581 g/mol. The first kappa shape index (κ1) is 26.3. The number of hydrogen-bond donors (Lipinski definition) is 2. The Labute approximate surface area is 246 Å². The molecule has 2 aromatic heterocycles. The minimum Gasteiger partial charge on any atom is -0.454 e. The third-order valence-electron chi connectivity index (χ3n) is 7.99. The number of aryl methyl sites for hydroxylation is 1. The van der Waals surface area contributed by atoms with Crippen LogP contribution in [0.1, 0.15) is 45.6 Å². The van der Waals surface area contributed by atoms with Crippen LogP contribution >= 0.6 is 11.3 Å². The zero-order chi connectivity index (χ0) is 28.8. The molecule has 42 heavy (non-hydrogen) atoms. The number of rotatable bonds is 6. The van der Waals surface area contributed by atoms with Crippen LogP contribution in [0.2, 0.25) is 0 Å². The van der Waals surface area contributed by atoms with Gasteiger partial charge >= 0.3 is 6.03 Å². The highest BCUT2D eigenvalue weighted by Gasteiger charge is 2.38. The predicted octanol–water partition coefficient (Wildman–Crippen LogP) is 6.17. The molecule has 10 nitrogen and oxygen atoms in total. The number of nitriles is 1. The molecule has 1 saturated heterocycles. The second kappa shape index (κ2) is 10.6. The standard InChI is InChI=1S/C31H28N6O4S/c1-18-5-10-22-27(41-17-40-22)25(18)37-26-20(15-32)16-33-30-23(26)24(35-31(37)39)28(42-30)29(38)34-21-8-6-19(7-9-21)11-14-36-12-3-2-4-13-36/h5-10,16H,2-4,11-14,17H2,1H3,(H,34,38)(H,35,39). The van der Waals surface area contributed by atoms with E-state index < -0.39 is 6.03 Å². The molecule has 3 aliphatic heterocycles. The number of fused-ring (bicyclic) bond motifs is 1. The van der Waals surface area contributed by atoms with E-state index in [0.717, 1.165) is 18.5 Å². The van der Waals surface area contributed by atoms with Gasteiger partial charge in [0, 0.05) is 18.4 Å². The fourth-order valence-electron chi connectivity index (χ4n) is 5.87. The molecule has 0 atom stereocenters. The Morgan fingerprint density at radius 2 is 1.93 bits per heavy atom. The number of carbonyl (C=O) groups is 2. The number of urea groups is 1. The number of carbonyl (C=O) groups excluding carboxylic acids is 2. The lowest BCUT2D eigenvalue weighted by molar-refractivity contribution is 0.103. The Morgan fingerprint density at radius 1 is 1.12 bits per heavy atom. The van der Waals surface area contributed by atoms with Gasteiger partial charge in [-0.25, -0.2) is 9.78 Å². The van der Waals surface area contributed by atoms with Crippen molar-refractivity contribution in [1.29, 1.82) is 5.26 Å². The minimum absolute atomic E-state index is 0.0333. The zero-order valence-electron chi connectivity index (χ0n) is 23.0. The number of anilines is 4. The molecule has 7 rings (SSSR count). The Hall–Kier alpha value is -4.66. The maximum atomic E-state index is 13.7. The second-order valence-electron chi connectivity index (χ2n) is 10.7. The molecule has 11 heteroatoms. The first-order valence-corrected chi connectivity index (χ1v) is 14.8. The molecule has 1 fully saturated rings. The van der Waals surface area contributed by atoms with E-state index in [1.165, 1.54) is 60.3 Å². The molecule has 2 aromatic carbocycles. The lowest BCUT2D eigenvalue weighted by Crippen LogP contribution is -2.35. The molecule has 0 radical (unpaired) electrons. The van der Waals surface area contributed by atoms with Crippen molar-refractivity contribution < 1.29 is 19.1 Å². The molecule has 212 valence electrons. The number of hydrogen-bond acceptors (Lipinski definition) is 8. The topological polar surface area (TPSA) is 120 Å². The Bertz CT molecular complexity index is 1770. The first-order valence-electron chi connectivity index (χ1n) is 14.0. The van der Waals surface area contributed by atoms with Gasteiger partial charge in [0.2, 0.25) is 6.79 Å². The number of nitrogens with zero attached hydrogens (tertiary/aromatic N) is 4. The summed E-state index contributed by atoms with van der Waals surface area (Å²) in [5, 5.41) is 16.4. The van der Waals surface area contributed by atoms with Crippen molar-refractivity contribution >= 4 is 56.2 Å². The number of ether oxygens (including phenoxy) is 2. The van der Waals surface area contributed by atoms with E-state index in [4.69, 9.17) is 9.47 Å². The Morgan fingerprint density at radius 3 is 2.71 bits per heavy atom. The lowest BCUT2D eigenvalue weighted by atomic mass is 10.0. The smallest absolute Gasteiger partial charge is 0.331 e. The number of thiophene rings is 1. The van der Waals surface area contributed by atoms with E-state index >= 15 is 0 Å². The fourth-order valence-corrected chi connectivity index (χ4v) is 6.86. The van der Waals surface area contributed by atoms with Crippen LogP contribution in [0, 0.1) is 18.3 Å².